The summed E-state index contributed by atoms with van der Waals surface area (Å²) in [7, 11) is 6.02. The molecular weight excluding hydrogens is 454 g/mol. The summed E-state index contributed by atoms with van der Waals surface area (Å²) in [5.41, 5.74) is 4.15. The quantitative estimate of drug-likeness (QED) is 0.421. The highest BCUT2D eigenvalue weighted by atomic mass is 35.5. The number of hydrogen-bond acceptors (Lipinski definition) is 7. The van der Waals surface area contributed by atoms with Gasteiger partial charge < -0.3 is 20.1 Å². The summed E-state index contributed by atoms with van der Waals surface area (Å²) < 4.78 is 9.03. The van der Waals surface area contributed by atoms with Gasteiger partial charge in [0.25, 0.3) is 0 Å². The molecule has 0 aromatic carbocycles. The van der Waals surface area contributed by atoms with Crippen molar-refractivity contribution in [3.05, 3.63) is 30.4 Å². The van der Waals surface area contributed by atoms with Crippen LogP contribution < -0.4 is 5.32 Å². The summed E-state index contributed by atoms with van der Waals surface area (Å²) >= 11 is 6.01. The number of nitrogens with one attached hydrogen (secondary N) is 1. The first-order valence-electron chi connectivity index (χ1n) is 12.0. The van der Waals surface area contributed by atoms with Crippen molar-refractivity contribution in [2.75, 3.05) is 45.6 Å². The van der Waals surface area contributed by atoms with E-state index in [2.05, 4.69) is 40.5 Å². The Bertz CT molecular complexity index is 1070. The first-order valence-corrected chi connectivity index (χ1v) is 12.5. The number of rotatable bonds is 10. The van der Waals surface area contributed by atoms with Gasteiger partial charge in [0, 0.05) is 54.0 Å². The fraction of sp³-hybridized carbons (Fsp3) is 0.625. The molecule has 3 aromatic heterocycles. The van der Waals surface area contributed by atoms with Gasteiger partial charge in [-0.2, -0.15) is 5.10 Å². The molecule has 10 heteroatoms. The molecule has 186 valence electrons. The third-order valence-corrected chi connectivity index (χ3v) is 7.21. The molecule has 1 fully saturated rings. The van der Waals surface area contributed by atoms with Crippen LogP contribution in [-0.2, 0) is 4.74 Å². The monoisotopic (exact) mass is 489 g/mol. The highest BCUT2D eigenvalue weighted by Crippen LogP contribution is 2.38. The van der Waals surface area contributed by atoms with Crippen LogP contribution in [0, 0.1) is 0 Å². The van der Waals surface area contributed by atoms with Gasteiger partial charge in [0.1, 0.15) is 0 Å². The Kier molecular flexibility index (Phi) is 8.08. The predicted molar refractivity (Wildman–Crippen MR) is 135 cm³/mol. The van der Waals surface area contributed by atoms with Gasteiger partial charge in [-0.1, -0.05) is 0 Å². The Hall–Kier alpha value is -2.20. The van der Waals surface area contributed by atoms with Crippen molar-refractivity contribution in [1.29, 1.82) is 0 Å². The second-order valence-corrected chi connectivity index (χ2v) is 9.84. The Morgan fingerprint density at radius 2 is 2.03 bits per heavy atom. The highest BCUT2D eigenvalue weighted by molar-refractivity contribution is 6.18. The lowest BCUT2D eigenvalue weighted by Crippen LogP contribution is -2.31. The summed E-state index contributed by atoms with van der Waals surface area (Å²) in [5, 5.41) is 22.3. The molecule has 34 heavy (non-hydrogen) atoms. The van der Waals surface area contributed by atoms with E-state index >= 15 is 0 Å². The van der Waals surface area contributed by atoms with Crippen molar-refractivity contribution >= 4 is 23.1 Å². The van der Waals surface area contributed by atoms with Gasteiger partial charge in [-0.15, -0.1) is 16.7 Å². The minimum Gasteiger partial charge on any atom is -0.394 e. The summed E-state index contributed by atoms with van der Waals surface area (Å²) in [6.07, 6.45) is 10.2. The molecule has 0 spiro atoms. The zero-order valence-corrected chi connectivity index (χ0v) is 21.2. The molecule has 2 atom stereocenters. The van der Waals surface area contributed by atoms with Gasteiger partial charge in [-0.3, -0.25) is 4.68 Å². The van der Waals surface area contributed by atoms with Crippen molar-refractivity contribution < 1.29 is 9.84 Å². The third-order valence-electron chi connectivity index (χ3n) is 6.86. The van der Waals surface area contributed by atoms with Crippen LogP contribution in [0.4, 0.5) is 5.95 Å². The van der Waals surface area contributed by atoms with Gasteiger partial charge in [-0.25, -0.2) is 9.50 Å². The molecule has 0 aliphatic heterocycles. The number of aliphatic hydroxyl groups excluding tert-OH is 1. The number of nitrogens with zero attached hydrogens (tertiary/aromatic N) is 6. The fourth-order valence-corrected chi connectivity index (χ4v) is 5.12. The minimum atomic E-state index is -0.251. The van der Waals surface area contributed by atoms with E-state index < -0.39 is 0 Å². The van der Waals surface area contributed by atoms with Crippen LogP contribution in [-0.4, -0.2) is 86.8 Å². The lowest BCUT2D eigenvalue weighted by molar-refractivity contribution is 0.190. The SMILES string of the molecule is COC[C@H](C)Nc1ncc2c(-c3cnn(C(CO)CCl)c3)cc([C@H]3CC[C@H](N(C)C)CC3)n2n1. The first kappa shape index (κ1) is 24.9. The summed E-state index contributed by atoms with van der Waals surface area (Å²) in [4.78, 5) is 6.93. The largest absolute Gasteiger partial charge is 0.394 e. The molecular formula is C24H36ClN7O2. The Morgan fingerprint density at radius 3 is 2.68 bits per heavy atom. The normalized spacial score (nSPS) is 20.7. The predicted octanol–water partition coefficient (Wildman–Crippen LogP) is 3.40. The van der Waals surface area contributed by atoms with Crippen LogP contribution in [0.3, 0.4) is 0 Å². The van der Waals surface area contributed by atoms with E-state index in [1.165, 1.54) is 18.5 Å². The van der Waals surface area contributed by atoms with Gasteiger partial charge >= 0.3 is 0 Å². The number of alkyl halides is 1. The van der Waals surface area contributed by atoms with Crippen molar-refractivity contribution in [3.8, 4) is 11.1 Å². The Balaban J connectivity index is 1.72. The summed E-state index contributed by atoms with van der Waals surface area (Å²) in [5.74, 6) is 1.31. The van der Waals surface area contributed by atoms with Crippen LogP contribution in [0.5, 0.6) is 0 Å². The van der Waals surface area contributed by atoms with E-state index in [0.29, 0.717) is 30.4 Å². The fourth-order valence-electron chi connectivity index (χ4n) is 4.88. The van der Waals surface area contributed by atoms with E-state index in [-0.39, 0.29) is 18.7 Å². The number of anilines is 1. The van der Waals surface area contributed by atoms with Crippen LogP contribution in [0.25, 0.3) is 16.6 Å². The lowest BCUT2D eigenvalue weighted by Gasteiger charge is -2.32. The molecule has 2 N–H and O–H groups in total. The van der Waals surface area contributed by atoms with Gasteiger partial charge in [-0.05, 0) is 52.8 Å². The highest BCUT2D eigenvalue weighted by Gasteiger charge is 2.27. The van der Waals surface area contributed by atoms with E-state index in [4.69, 9.17) is 21.4 Å². The summed E-state index contributed by atoms with van der Waals surface area (Å²) in [6, 6.07) is 2.72. The molecule has 0 radical (unpaired) electrons. The third kappa shape index (κ3) is 5.22. The second kappa shape index (κ2) is 11.0. The maximum absolute atomic E-state index is 9.62. The number of halogens is 1. The second-order valence-electron chi connectivity index (χ2n) is 9.53. The van der Waals surface area contributed by atoms with Crippen molar-refractivity contribution in [3.63, 3.8) is 0 Å². The lowest BCUT2D eigenvalue weighted by atomic mass is 9.83. The van der Waals surface area contributed by atoms with E-state index in [9.17, 15) is 5.11 Å². The smallest absolute Gasteiger partial charge is 0.241 e. The number of hydrogen-bond donors (Lipinski definition) is 2. The maximum atomic E-state index is 9.62. The van der Waals surface area contributed by atoms with Crippen molar-refractivity contribution in [2.24, 2.45) is 0 Å². The molecule has 3 aromatic rings. The first-order chi connectivity index (χ1) is 16.4. The van der Waals surface area contributed by atoms with Crippen molar-refractivity contribution in [1.82, 2.24) is 29.3 Å². The van der Waals surface area contributed by atoms with Gasteiger partial charge in [0.05, 0.1) is 37.2 Å². The van der Waals surface area contributed by atoms with E-state index in [1.54, 1.807) is 11.8 Å². The number of fused-ring (bicyclic) bond motifs is 1. The van der Waals surface area contributed by atoms with E-state index in [1.807, 2.05) is 30.0 Å². The molecule has 0 bridgehead atoms. The number of aromatic nitrogens is 5. The van der Waals surface area contributed by atoms with Gasteiger partial charge in [0.15, 0.2) is 0 Å². The van der Waals surface area contributed by atoms with Gasteiger partial charge in [0.2, 0.25) is 5.95 Å². The average molecular weight is 490 g/mol. The molecule has 3 heterocycles. The average Bonchev–Trinajstić information content (AvgIpc) is 3.45. The van der Waals surface area contributed by atoms with Crippen LogP contribution >= 0.6 is 11.6 Å². The summed E-state index contributed by atoms with van der Waals surface area (Å²) in [6.45, 7) is 2.56. The Morgan fingerprint density at radius 1 is 1.26 bits per heavy atom. The number of aliphatic hydroxyl groups is 1. The zero-order chi connectivity index (χ0) is 24.2. The molecule has 1 unspecified atom stereocenters. The molecule has 0 amide bonds. The van der Waals surface area contributed by atoms with Crippen LogP contribution in [0.2, 0.25) is 0 Å². The minimum absolute atomic E-state index is 0.0563. The molecule has 1 aliphatic rings. The zero-order valence-electron chi connectivity index (χ0n) is 20.5. The van der Waals surface area contributed by atoms with Crippen LogP contribution in [0.1, 0.15) is 50.3 Å². The van der Waals surface area contributed by atoms with E-state index in [0.717, 1.165) is 29.5 Å². The molecule has 1 saturated carbocycles. The molecule has 4 rings (SSSR count). The number of ether oxygens (including phenoxy) is 1. The number of methoxy groups -OCH3 is 1. The molecule has 9 nitrogen and oxygen atoms in total. The standard InChI is InChI=1S/C24H36ClN7O2/c1-16(15-34-4)28-24-26-12-23-21(18-11-27-31(13-18)20(10-25)14-33)9-22(32(23)29-24)17-5-7-19(8-6-17)30(2)3/h9,11-13,16-17,19-20,33H,5-8,10,14-15H2,1-4H3,(H,28,29)/t16-,17-,19-,20?/m0/s1. The molecule has 1 aliphatic carbocycles. The van der Waals surface area contributed by atoms with Crippen molar-refractivity contribution in [2.45, 2.75) is 56.7 Å². The Labute approximate surface area is 206 Å². The van der Waals surface area contributed by atoms with Crippen LogP contribution in [0.15, 0.2) is 24.7 Å². The molecule has 0 saturated heterocycles. The topological polar surface area (TPSA) is 92.7 Å². The maximum Gasteiger partial charge on any atom is 0.241 e.